The van der Waals surface area contributed by atoms with Crippen LogP contribution in [0.4, 0.5) is 5.13 Å². The van der Waals surface area contributed by atoms with Crippen LogP contribution in [0.25, 0.3) is 11.0 Å². The van der Waals surface area contributed by atoms with Crippen LogP contribution >= 0.6 is 23.6 Å². The van der Waals surface area contributed by atoms with Gasteiger partial charge < -0.3 is 0 Å². The van der Waals surface area contributed by atoms with Gasteiger partial charge in [0.1, 0.15) is 5.82 Å². The second-order valence-corrected chi connectivity index (χ2v) is 8.08. The summed E-state index contributed by atoms with van der Waals surface area (Å²) < 4.78 is 4.09. The van der Waals surface area contributed by atoms with Crippen molar-refractivity contribution in [3.63, 3.8) is 0 Å². The Labute approximate surface area is 181 Å². The molecular weight excluding hydrogens is 420 g/mol. The molecule has 0 bridgehead atoms. The summed E-state index contributed by atoms with van der Waals surface area (Å²) in [4.78, 5) is 22.0. The van der Waals surface area contributed by atoms with Gasteiger partial charge in [0.15, 0.2) is 15.5 Å². The van der Waals surface area contributed by atoms with E-state index in [-0.39, 0.29) is 5.91 Å². The number of thiazole rings is 1. The summed E-state index contributed by atoms with van der Waals surface area (Å²) in [5, 5.41) is 17.5. The molecule has 0 unspecified atom stereocenters. The Morgan fingerprint density at radius 3 is 2.97 bits per heavy atom. The van der Waals surface area contributed by atoms with Gasteiger partial charge in [0.25, 0.3) is 5.91 Å². The SMILES string of the molecule is C=CCn1c(Cc2csc(NC(=O)c3cc(C)nc4c3c(C)nn4C)n2)n[nH]c1=S. The van der Waals surface area contributed by atoms with Crippen molar-refractivity contribution in [2.45, 2.75) is 26.8 Å². The molecule has 2 N–H and O–H groups in total. The van der Waals surface area contributed by atoms with Gasteiger partial charge in [-0.2, -0.15) is 10.2 Å². The first-order chi connectivity index (χ1) is 14.4. The number of aryl methyl sites for hydroxylation is 3. The molecule has 4 aromatic heterocycles. The van der Waals surface area contributed by atoms with Crippen LogP contribution in [0.3, 0.4) is 0 Å². The van der Waals surface area contributed by atoms with Gasteiger partial charge in [-0.15, -0.1) is 17.9 Å². The number of rotatable bonds is 6. The Morgan fingerprint density at radius 1 is 1.40 bits per heavy atom. The quantitative estimate of drug-likeness (QED) is 0.352. The van der Waals surface area contributed by atoms with Crippen molar-refractivity contribution in [3.05, 3.63) is 57.3 Å². The number of nitrogens with zero attached hydrogens (tertiary/aromatic N) is 6. The molecule has 0 aliphatic rings. The number of anilines is 1. The summed E-state index contributed by atoms with van der Waals surface area (Å²) in [6, 6.07) is 1.77. The average Bonchev–Trinajstić information content (AvgIpc) is 3.36. The van der Waals surface area contributed by atoms with Crippen molar-refractivity contribution in [2.24, 2.45) is 7.05 Å². The molecule has 11 heteroatoms. The lowest BCUT2D eigenvalue weighted by molar-refractivity contribution is 0.102. The summed E-state index contributed by atoms with van der Waals surface area (Å²) >= 11 is 6.61. The lowest BCUT2D eigenvalue weighted by Gasteiger charge is -2.06. The summed E-state index contributed by atoms with van der Waals surface area (Å²) in [6.07, 6.45) is 2.26. The Kier molecular flexibility index (Phi) is 5.31. The number of amides is 1. The number of carbonyl (C=O) groups excluding carboxylic acids is 1. The van der Waals surface area contributed by atoms with Crippen LogP contribution in [0.5, 0.6) is 0 Å². The highest BCUT2D eigenvalue weighted by Crippen LogP contribution is 2.24. The zero-order chi connectivity index (χ0) is 21.4. The largest absolute Gasteiger partial charge is 0.300 e. The third-order valence-electron chi connectivity index (χ3n) is 4.60. The molecule has 30 heavy (non-hydrogen) atoms. The Bertz CT molecular complexity index is 1330. The number of carbonyl (C=O) groups is 1. The van der Waals surface area contributed by atoms with Crippen LogP contribution < -0.4 is 5.32 Å². The van der Waals surface area contributed by atoms with Gasteiger partial charge in [-0.05, 0) is 32.1 Å². The summed E-state index contributed by atoms with van der Waals surface area (Å²) in [7, 11) is 1.82. The minimum atomic E-state index is -0.239. The molecule has 9 nitrogen and oxygen atoms in total. The molecular formula is C19H20N8OS2. The van der Waals surface area contributed by atoms with E-state index in [4.69, 9.17) is 12.2 Å². The molecule has 1 amide bonds. The van der Waals surface area contributed by atoms with E-state index in [0.717, 1.165) is 28.3 Å². The van der Waals surface area contributed by atoms with Gasteiger partial charge in [0, 0.05) is 24.7 Å². The van der Waals surface area contributed by atoms with E-state index in [9.17, 15) is 4.79 Å². The number of hydrogen-bond donors (Lipinski definition) is 2. The van der Waals surface area contributed by atoms with Gasteiger partial charge in [-0.1, -0.05) is 6.08 Å². The zero-order valence-corrected chi connectivity index (χ0v) is 18.4. The fourth-order valence-electron chi connectivity index (χ4n) is 3.32. The molecule has 0 atom stereocenters. The molecule has 0 saturated carbocycles. The molecule has 154 valence electrons. The molecule has 0 radical (unpaired) electrons. The van der Waals surface area contributed by atoms with Crippen LogP contribution in [0.15, 0.2) is 24.1 Å². The van der Waals surface area contributed by atoms with Crippen LogP contribution in [0, 0.1) is 18.6 Å². The van der Waals surface area contributed by atoms with Gasteiger partial charge in [-0.25, -0.2) is 9.97 Å². The predicted octanol–water partition coefficient (Wildman–Crippen LogP) is 3.32. The van der Waals surface area contributed by atoms with Gasteiger partial charge in [0.05, 0.1) is 28.8 Å². The van der Waals surface area contributed by atoms with Gasteiger partial charge >= 0.3 is 0 Å². The summed E-state index contributed by atoms with van der Waals surface area (Å²) in [5.74, 6) is 0.525. The van der Waals surface area contributed by atoms with E-state index < -0.39 is 0 Å². The molecule has 0 aromatic carbocycles. The van der Waals surface area contributed by atoms with E-state index >= 15 is 0 Å². The lowest BCUT2D eigenvalue weighted by atomic mass is 10.1. The smallest absolute Gasteiger partial charge is 0.258 e. The van der Waals surface area contributed by atoms with E-state index in [2.05, 4.69) is 37.2 Å². The lowest BCUT2D eigenvalue weighted by Crippen LogP contribution is -2.13. The molecule has 0 saturated heterocycles. The highest BCUT2D eigenvalue weighted by Gasteiger charge is 2.19. The van der Waals surface area contributed by atoms with Crippen molar-refractivity contribution in [3.8, 4) is 0 Å². The highest BCUT2D eigenvalue weighted by atomic mass is 32.1. The highest BCUT2D eigenvalue weighted by molar-refractivity contribution is 7.71. The van der Waals surface area contributed by atoms with E-state index in [1.807, 2.05) is 30.8 Å². The third kappa shape index (κ3) is 3.68. The minimum absolute atomic E-state index is 0.239. The number of pyridine rings is 1. The average molecular weight is 441 g/mol. The minimum Gasteiger partial charge on any atom is -0.300 e. The van der Waals surface area contributed by atoms with E-state index in [1.165, 1.54) is 11.3 Å². The molecule has 4 heterocycles. The fraction of sp³-hybridized carbons (Fsp3) is 0.263. The molecule has 0 spiro atoms. The maximum atomic E-state index is 13.0. The third-order valence-corrected chi connectivity index (χ3v) is 5.72. The van der Waals surface area contributed by atoms with Gasteiger partial charge in [-0.3, -0.25) is 24.5 Å². The topological polar surface area (TPSA) is 106 Å². The van der Waals surface area contributed by atoms with Crippen molar-refractivity contribution < 1.29 is 4.79 Å². The normalized spacial score (nSPS) is 11.2. The molecule has 0 aliphatic heterocycles. The van der Waals surface area contributed by atoms with Crippen molar-refractivity contribution in [1.82, 2.24) is 34.5 Å². The Balaban J connectivity index is 1.58. The molecule has 0 aliphatic carbocycles. The predicted molar refractivity (Wildman–Crippen MR) is 118 cm³/mol. The number of H-pyrrole nitrogens is 1. The first-order valence-electron chi connectivity index (χ1n) is 9.19. The summed E-state index contributed by atoms with van der Waals surface area (Å²) in [5.41, 5.74) is 3.52. The number of aromatic nitrogens is 7. The molecule has 4 rings (SSSR count). The van der Waals surface area contributed by atoms with Crippen molar-refractivity contribution >= 4 is 45.6 Å². The second-order valence-electron chi connectivity index (χ2n) is 6.84. The van der Waals surface area contributed by atoms with Crippen LogP contribution in [-0.4, -0.2) is 40.4 Å². The maximum absolute atomic E-state index is 13.0. The van der Waals surface area contributed by atoms with Crippen LogP contribution in [0.2, 0.25) is 0 Å². The second kappa shape index (κ2) is 7.92. The number of allylic oxidation sites excluding steroid dienone is 1. The fourth-order valence-corrected chi connectivity index (χ4v) is 4.25. The Morgan fingerprint density at radius 2 is 2.20 bits per heavy atom. The molecule has 0 fully saturated rings. The van der Waals surface area contributed by atoms with E-state index in [1.54, 1.807) is 16.8 Å². The Hall–Kier alpha value is -3.18. The van der Waals surface area contributed by atoms with E-state index in [0.29, 0.717) is 34.1 Å². The number of nitrogens with one attached hydrogen (secondary N) is 2. The van der Waals surface area contributed by atoms with Crippen LogP contribution in [-0.2, 0) is 20.0 Å². The first-order valence-corrected chi connectivity index (χ1v) is 10.5. The zero-order valence-electron chi connectivity index (χ0n) is 16.8. The van der Waals surface area contributed by atoms with Gasteiger partial charge in [0.2, 0.25) is 0 Å². The first kappa shape index (κ1) is 20.1. The molecule has 4 aromatic rings. The van der Waals surface area contributed by atoms with Crippen molar-refractivity contribution in [1.29, 1.82) is 0 Å². The van der Waals surface area contributed by atoms with Crippen molar-refractivity contribution in [2.75, 3.05) is 5.32 Å². The summed E-state index contributed by atoms with van der Waals surface area (Å²) in [6.45, 7) is 8.04. The number of fused-ring (bicyclic) bond motifs is 1. The maximum Gasteiger partial charge on any atom is 0.258 e. The number of hydrogen-bond acceptors (Lipinski definition) is 7. The van der Waals surface area contributed by atoms with Crippen LogP contribution in [0.1, 0.15) is 33.3 Å². The number of aromatic amines is 1. The standard InChI is InChI=1S/C19H20N8OS2/c1-5-6-27-14(23-24-19(27)29)8-12-9-30-18(21-12)22-17(28)13-7-10(2)20-16-15(13)11(3)25-26(16)4/h5,7,9H,1,6,8H2,2-4H3,(H,24,29)(H,21,22,28). The monoisotopic (exact) mass is 440 g/mol.